The molecule has 4 rings (SSSR count). The minimum absolute atomic E-state index is 0.423. The summed E-state index contributed by atoms with van der Waals surface area (Å²) >= 11 is 0. The van der Waals surface area contributed by atoms with Crippen molar-refractivity contribution >= 4 is 23.1 Å². The summed E-state index contributed by atoms with van der Waals surface area (Å²) in [5.74, 6) is -1.09. The molecular formula is C25H29F3N4O3. The van der Waals surface area contributed by atoms with Crippen LogP contribution in [0.4, 0.5) is 24.5 Å². The fraction of sp³-hybridized carbons (Fsp3) is 0.480. The van der Waals surface area contributed by atoms with Gasteiger partial charge in [0.2, 0.25) is 5.88 Å². The van der Waals surface area contributed by atoms with Crippen LogP contribution in [0, 0.1) is 11.8 Å². The molecule has 0 radical (unpaired) electrons. The quantitative estimate of drug-likeness (QED) is 0.603. The summed E-state index contributed by atoms with van der Waals surface area (Å²) in [7, 11) is 1.60. The van der Waals surface area contributed by atoms with E-state index in [1.807, 2.05) is 24.3 Å². The zero-order valence-corrected chi connectivity index (χ0v) is 19.7. The third-order valence-electron chi connectivity index (χ3n) is 6.84. The number of rotatable bonds is 7. The number of piperidine rings is 1. The summed E-state index contributed by atoms with van der Waals surface area (Å²) in [5.41, 5.74) is 1.72. The Morgan fingerprint density at radius 2 is 1.83 bits per heavy atom. The van der Waals surface area contributed by atoms with E-state index in [4.69, 9.17) is 4.74 Å². The van der Waals surface area contributed by atoms with Crippen LogP contribution in [0.5, 0.6) is 5.88 Å². The zero-order chi connectivity index (χ0) is 25.2. The van der Waals surface area contributed by atoms with Gasteiger partial charge in [-0.05, 0) is 48.9 Å². The van der Waals surface area contributed by atoms with Crippen molar-refractivity contribution in [3.8, 4) is 5.88 Å². The molecule has 2 aliphatic rings. The topological polar surface area (TPSA) is 78.3 Å². The molecule has 2 aromatic rings. The van der Waals surface area contributed by atoms with Gasteiger partial charge in [-0.3, -0.25) is 9.80 Å². The predicted molar refractivity (Wildman–Crippen MR) is 127 cm³/mol. The Morgan fingerprint density at radius 3 is 2.43 bits per heavy atom. The predicted octanol–water partition coefficient (Wildman–Crippen LogP) is 4.77. The third kappa shape index (κ3) is 5.68. The molecule has 1 saturated heterocycles. The highest BCUT2D eigenvalue weighted by atomic mass is 19.4. The van der Waals surface area contributed by atoms with E-state index >= 15 is 0 Å². The summed E-state index contributed by atoms with van der Waals surface area (Å²) < 4.78 is 45.4. The molecule has 0 amide bonds. The van der Waals surface area contributed by atoms with E-state index in [0.29, 0.717) is 17.5 Å². The van der Waals surface area contributed by atoms with Crippen molar-refractivity contribution in [2.24, 2.45) is 16.9 Å². The van der Waals surface area contributed by atoms with E-state index in [9.17, 15) is 23.1 Å². The normalized spacial score (nSPS) is 21.2. The number of halogens is 3. The van der Waals surface area contributed by atoms with E-state index in [1.54, 1.807) is 25.4 Å². The second-order valence-electron chi connectivity index (χ2n) is 9.14. The first-order chi connectivity index (χ1) is 16.7. The standard InChI is InChI=1S/C25H29F3N4O3/c1-16-21(15-23(33)34)32(30-24(16)25(26,27)28)19-5-3-17(4-6-19)13-18-8-11-31(12-9-18)20-7-10-29-22(14-20)35-2/h3-7,10,14,16,18,21H,8-9,11-13,15H2,1-2H3,(H,33,34)/t16-,21-/m0/s1. The molecule has 0 spiro atoms. The van der Waals surface area contributed by atoms with Crippen LogP contribution in [-0.2, 0) is 11.2 Å². The van der Waals surface area contributed by atoms with Crippen molar-refractivity contribution in [1.29, 1.82) is 0 Å². The van der Waals surface area contributed by atoms with Crippen LogP contribution in [0.2, 0.25) is 0 Å². The fourth-order valence-electron chi connectivity index (χ4n) is 4.90. The van der Waals surface area contributed by atoms with Gasteiger partial charge in [0, 0.05) is 37.0 Å². The maximum Gasteiger partial charge on any atom is 0.431 e. The Bertz CT molecular complexity index is 1070. The fourth-order valence-corrected chi connectivity index (χ4v) is 4.90. The number of pyridine rings is 1. The van der Waals surface area contributed by atoms with Gasteiger partial charge in [0.05, 0.1) is 25.3 Å². The van der Waals surface area contributed by atoms with Crippen LogP contribution in [0.15, 0.2) is 47.7 Å². The number of hydrogen-bond acceptors (Lipinski definition) is 6. The van der Waals surface area contributed by atoms with E-state index in [-0.39, 0.29) is 0 Å². The van der Waals surface area contributed by atoms with Crippen LogP contribution in [-0.4, -0.2) is 54.2 Å². The number of carbonyl (C=O) groups is 1. The molecule has 3 heterocycles. The number of anilines is 2. The number of hydrogen-bond donors (Lipinski definition) is 1. The number of alkyl halides is 3. The lowest BCUT2D eigenvalue weighted by Crippen LogP contribution is -2.36. The van der Waals surface area contributed by atoms with E-state index < -0.39 is 36.2 Å². The number of aliphatic carboxylic acids is 1. The molecule has 1 aromatic heterocycles. The molecular weight excluding hydrogens is 461 g/mol. The van der Waals surface area contributed by atoms with Gasteiger partial charge in [0.25, 0.3) is 0 Å². The first kappa shape index (κ1) is 24.8. The lowest BCUT2D eigenvalue weighted by molar-refractivity contribution is -0.137. The number of benzene rings is 1. The van der Waals surface area contributed by atoms with Crippen molar-refractivity contribution < 1.29 is 27.8 Å². The zero-order valence-electron chi connectivity index (χ0n) is 19.7. The molecule has 1 fully saturated rings. The van der Waals surface area contributed by atoms with Crippen molar-refractivity contribution in [3.05, 3.63) is 48.2 Å². The number of carboxylic acid groups (broad SMARTS) is 1. The van der Waals surface area contributed by atoms with Gasteiger partial charge >= 0.3 is 12.1 Å². The second-order valence-corrected chi connectivity index (χ2v) is 9.14. The lowest BCUT2D eigenvalue weighted by atomic mass is 9.90. The molecule has 1 N–H and O–H groups in total. The van der Waals surface area contributed by atoms with Crippen LogP contribution < -0.4 is 14.6 Å². The van der Waals surface area contributed by atoms with Gasteiger partial charge in [-0.25, -0.2) is 4.98 Å². The maximum absolute atomic E-state index is 13.4. The Hall–Kier alpha value is -3.30. The molecule has 0 bridgehead atoms. The summed E-state index contributed by atoms with van der Waals surface area (Å²) in [5, 5.41) is 14.2. The number of nitrogens with zero attached hydrogens (tertiary/aromatic N) is 4. The number of aromatic nitrogens is 1. The number of hydrazone groups is 1. The van der Waals surface area contributed by atoms with Gasteiger partial charge < -0.3 is 14.7 Å². The first-order valence-corrected chi connectivity index (χ1v) is 11.7. The number of carboxylic acids is 1. The second kappa shape index (κ2) is 10.1. The highest BCUT2D eigenvalue weighted by molar-refractivity contribution is 5.95. The minimum Gasteiger partial charge on any atom is -0.481 e. The Morgan fingerprint density at radius 1 is 1.14 bits per heavy atom. The van der Waals surface area contributed by atoms with Gasteiger partial charge in [0.1, 0.15) is 5.71 Å². The molecule has 35 heavy (non-hydrogen) atoms. The minimum atomic E-state index is -4.60. The summed E-state index contributed by atoms with van der Waals surface area (Å²) in [6.07, 6.45) is -0.355. The largest absolute Gasteiger partial charge is 0.481 e. The molecule has 2 atom stereocenters. The van der Waals surface area contributed by atoms with Gasteiger partial charge in [-0.15, -0.1) is 0 Å². The van der Waals surface area contributed by atoms with Crippen molar-refractivity contribution in [3.63, 3.8) is 0 Å². The van der Waals surface area contributed by atoms with Crippen LogP contribution in [0.25, 0.3) is 0 Å². The van der Waals surface area contributed by atoms with Crippen molar-refractivity contribution in [1.82, 2.24) is 4.98 Å². The highest BCUT2D eigenvalue weighted by Gasteiger charge is 2.48. The van der Waals surface area contributed by atoms with Crippen LogP contribution in [0.3, 0.4) is 0 Å². The third-order valence-corrected chi connectivity index (χ3v) is 6.84. The van der Waals surface area contributed by atoms with E-state index in [2.05, 4.69) is 15.0 Å². The molecule has 0 saturated carbocycles. The lowest BCUT2D eigenvalue weighted by Gasteiger charge is -2.33. The summed E-state index contributed by atoms with van der Waals surface area (Å²) in [6, 6.07) is 10.3. The average Bonchev–Trinajstić information content (AvgIpc) is 3.16. The average molecular weight is 491 g/mol. The molecule has 10 heteroatoms. The Labute approximate surface area is 202 Å². The first-order valence-electron chi connectivity index (χ1n) is 11.7. The van der Waals surface area contributed by atoms with Crippen molar-refractivity contribution in [2.75, 3.05) is 30.1 Å². The molecule has 188 valence electrons. The smallest absolute Gasteiger partial charge is 0.431 e. The molecule has 0 unspecified atom stereocenters. The monoisotopic (exact) mass is 490 g/mol. The number of methoxy groups -OCH3 is 1. The van der Waals surface area contributed by atoms with Gasteiger partial charge in [-0.1, -0.05) is 19.1 Å². The Kier molecular flexibility index (Phi) is 7.18. The maximum atomic E-state index is 13.4. The molecule has 7 nitrogen and oxygen atoms in total. The molecule has 1 aromatic carbocycles. The van der Waals surface area contributed by atoms with Crippen molar-refractivity contribution in [2.45, 2.75) is 44.8 Å². The number of ether oxygens (including phenoxy) is 1. The molecule has 0 aliphatic carbocycles. The Balaban J connectivity index is 1.40. The summed E-state index contributed by atoms with van der Waals surface area (Å²) in [4.78, 5) is 17.8. The van der Waals surface area contributed by atoms with Gasteiger partial charge in [0.15, 0.2) is 0 Å². The van der Waals surface area contributed by atoms with Crippen LogP contribution >= 0.6 is 0 Å². The van der Waals surface area contributed by atoms with E-state index in [1.165, 1.54) is 11.9 Å². The highest BCUT2D eigenvalue weighted by Crippen LogP contribution is 2.36. The van der Waals surface area contributed by atoms with Gasteiger partial charge in [-0.2, -0.15) is 18.3 Å². The SMILES string of the molecule is COc1cc(N2CCC(Cc3ccc(N4N=C(C(F)(F)F)[C@@H](C)[C@@H]4CC(=O)O)cc3)CC2)ccn1. The van der Waals surface area contributed by atoms with Crippen LogP contribution in [0.1, 0.15) is 31.7 Å². The summed E-state index contributed by atoms with van der Waals surface area (Å²) in [6.45, 7) is 3.23. The van der Waals surface area contributed by atoms with E-state index in [0.717, 1.165) is 43.6 Å². The molecule has 2 aliphatic heterocycles.